The Morgan fingerprint density at radius 2 is 2.05 bits per heavy atom. The lowest BCUT2D eigenvalue weighted by Gasteiger charge is -2.32. The Hall–Kier alpha value is -2.04. The normalized spacial score (nSPS) is 20.4. The van der Waals surface area contributed by atoms with E-state index in [1.807, 2.05) is 25.1 Å². The van der Waals surface area contributed by atoms with Crippen LogP contribution in [0.25, 0.3) is 0 Å². The molecule has 5 nitrogen and oxygen atoms in total. The summed E-state index contributed by atoms with van der Waals surface area (Å²) in [6.07, 6.45) is 1.01. The van der Waals surface area contributed by atoms with Crippen molar-refractivity contribution in [2.45, 2.75) is 45.6 Å². The zero-order chi connectivity index (χ0) is 16.3. The molecule has 1 aliphatic rings. The summed E-state index contributed by atoms with van der Waals surface area (Å²) in [5, 5.41) is 11.6. The Bertz CT molecular complexity index is 562. The van der Waals surface area contributed by atoms with Crippen molar-refractivity contribution in [3.63, 3.8) is 0 Å². The van der Waals surface area contributed by atoms with Gasteiger partial charge in [-0.25, -0.2) is 0 Å². The molecule has 22 heavy (non-hydrogen) atoms. The third kappa shape index (κ3) is 4.00. The molecule has 0 radical (unpaired) electrons. The Morgan fingerprint density at radius 1 is 1.36 bits per heavy atom. The number of carboxylic acid groups (broad SMARTS) is 1. The molecule has 0 spiro atoms. The standard InChI is InChI=1S/C17H23NO4/c1-10(2)14-5-4-11(3)6-15(14)22-9-16(19)18-13-7-12(8-13)17(20)21/h4-6,10,12-13H,7-9H2,1-3H3,(H,18,19)(H,20,21). The van der Waals surface area contributed by atoms with Gasteiger partial charge in [-0.05, 0) is 42.9 Å². The number of ether oxygens (including phenoxy) is 1. The molecule has 1 fully saturated rings. The minimum absolute atomic E-state index is 0.0423. The number of carbonyl (C=O) groups excluding carboxylic acids is 1. The van der Waals surface area contributed by atoms with Crippen molar-refractivity contribution in [1.29, 1.82) is 0 Å². The first kappa shape index (κ1) is 16.3. The van der Waals surface area contributed by atoms with E-state index in [9.17, 15) is 9.59 Å². The van der Waals surface area contributed by atoms with Gasteiger partial charge in [0, 0.05) is 6.04 Å². The number of nitrogens with one attached hydrogen (secondary N) is 1. The molecule has 1 amide bonds. The maximum absolute atomic E-state index is 11.9. The molecule has 5 heteroatoms. The van der Waals surface area contributed by atoms with Gasteiger partial charge < -0.3 is 15.2 Å². The lowest BCUT2D eigenvalue weighted by Crippen LogP contribution is -2.48. The fourth-order valence-corrected chi connectivity index (χ4v) is 2.59. The first-order chi connectivity index (χ1) is 10.4. The van der Waals surface area contributed by atoms with Gasteiger partial charge in [-0.3, -0.25) is 9.59 Å². The topological polar surface area (TPSA) is 75.6 Å². The molecular formula is C17H23NO4. The minimum Gasteiger partial charge on any atom is -0.483 e. The molecule has 0 aromatic heterocycles. The average molecular weight is 305 g/mol. The number of benzene rings is 1. The molecule has 0 unspecified atom stereocenters. The third-order valence-electron chi connectivity index (χ3n) is 4.00. The van der Waals surface area contributed by atoms with Crippen LogP contribution in [0.2, 0.25) is 0 Å². The number of rotatable bonds is 6. The summed E-state index contributed by atoms with van der Waals surface area (Å²) in [4.78, 5) is 22.6. The number of hydrogen-bond acceptors (Lipinski definition) is 3. The number of aryl methyl sites for hydroxylation is 1. The molecule has 1 aliphatic carbocycles. The summed E-state index contributed by atoms with van der Waals surface area (Å²) in [5.74, 6) is -0.257. The number of carbonyl (C=O) groups is 2. The predicted octanol–water partition coefficient (Wildman–Crippen LogP) is 2.48. The van der Waals surface area contributed by atoms with E-state index in [2.05, 4.69) is 19.2 Å². The molecule has 2 rings (SSSR count). The number of carboxylic acids is 1. The largest absolute Gasteiger partial charge is 0.483 e. The summed E-state index contributed by atoms with van der Waals surface area (Å²) < 4.78 is 5.66. The fraction of sp³-hybridized carbons (Fsp3) is 0.529. The van der Waals surface area contributed by atoms with Crippen LogP contribution in [-0.4, -0.2) is 29.6 Å². The van der Waals surface area contributed by atoms with Crippen LogP contribution in [0.15, 0.2) is 18.2 Å². The SMILES string of the molecule is Cc1ccc(C(C)C)c(OCC(=O)NC2CC(C(=O)O)C2)c1. The molecule has 0 aliphatic heterocycles. The second-order valence-electron chi connectivity index (χ2n) is 6.26. The van der Waals surface area contributed by atoms with Crippen molar-refractivity contribution in [3.8, 4) is 5.75 Å². The van der Waals surface area contributed by atoms with Gasteiger partial charge >= 0.3 is 5.97 Å². The van der Waals surface area contributed by atoms with Crippen molar-refractivity contribution < 1.29 is 19.4 Å². The molecule has 1 aromatic carbocycles. The zero-order valence-electron chi connectivity index (χ0n) is 13.3. The summed E-state index contributed by atoms with van der Waals surface area (Å²) in [6.45, 7) is 6.10. The Kier molecular flexibility index (Phi) is 5.06. The second-order valence-corrected chi connectivity index (χ2v) is 6.26. The molecule has 1 aromatic rings. The molecular weight excluding hydrogens is 282 g/mol. The van der Waals surface area contributed by atoms with Crippen LogP contribution >= 0.6 is 0 Å². The highest BCUT2D eigenvalue weighted by atomic mass is 16.5. The van der Waals surface area contributed by atoms with Gasteiger partial charge in [-0.1, -0.05) is 26.0 Å². The van der Waals surface area contributed by atoms with Crippen molar-refractivity contribution in [2.24, 2.45) is 5.92 Å². The van der Waals surface area contributed by atoms with Crippen molar-refractivity contribution >= 4 is 11.9 Å². The van der Waals surface area contributed by atoms with Crippen LogP contribution in [0.5, 0.6) is 5.75 Å². The highest BCUT2D eigenvalue weighted by Gasteiger charge is 2.35. The van der Waals surface area contributed by atoms with Crippen LogP contribution in [0.3, 0.4) is 0 Å². The summed E-state index contributed by atoms with van der Waals surface area (Å²) in [7, 11) is 0. The Balaban J connectivity index is 1.84. The minimum atomic E-state index is -0.789. The average Bonchev–Trinajstić information content (AvgIpc) is 2.39. The van der Waals surface area contributed by atoms with Crippen LogP contribution in [0.4, 0.5) is 0 Å². The highest BCUT2D eigenvalue weighted by Crippen LogP contribution is 2.28. The second kappa shape index (κ2) is 6.81. The van der Waals surface area contributed by atoms with E-state index >= 15 is 0 Å². The van der Waals surface area contributed by atoms with E-state index in [0.29, 0.717) is 18.8 Å². The molecule has 120 valence electrons. The van der Waals surface area contributed by atoms with Crippen LogP contribution in [0, 0.1) is 12.8 Å². The van der Waals surface area contributed by atoms with Gasteiger partial charge in [0.2, 0.25) is 0 Å². The lowest BCUT2D eigenvalue weighted by atomic mass is 9.80. The Morgan fingerprint density at radius 3 is 2.64 bits per heavy atom. The van der Waals surface area contributed by atoms with Gasteiger partial charge in [0.25, 0.3) is 5.91 Å². The van der Waals surface area contributed by atoms with Crippen molar-refractivity contribution in [1.82, 2.24) is 5.32 Å². The highest BCUT2D eigenvalue weighted by molar-refractivity contribution is 5.79. The fourth-order valence-electron chi connectivity index (χ4n) is 2.59. The molecule has 0 saturated heterocycles. The van der Waals surface area contributed by atoms with Gasteiger partial charge in [-0.2, -0.15) is 0 Å². The monoisotopic (exact) mass is 305 g/mol. The Labute approximate surface area is 130 Å². The first-order valence-corrected chi connectivity index (χ1v) is 7.62. The molecule has 0 bridgehead atoms. The van der Waals surface area contributed by atoms with E-state index in [1.165, 1.54) is 0 Å². The maximum atomic E-state index is 11.9. The molecule has 2 N–H and O–H groups in total. The molecule has 0 heterocycles. The first-order valence-electron chi connectivity index (χ1n) is 7.62. The van der Waals surface area contributed by atoms with Crippen LogP contribution in [-0.2, 0) is 9.59 Å². The predicted molar refractivity (Wildman–Crippen MR) is 83.1 cm³/mol. The smallest absolute Gasteiger partial charge is 0.306 e. The third-order valence-corrected chi connectivity index (χ3v) is 4.00. The van der Waals surface area contributed by atoms with E-state index in [-0.39, 0.29) is 24.5 Å². The van der Waals surface area contributed by atoms with E-state index in [0.717, 1.165) is 16.9 Å². The lowest BCUT2D eigenvalue weighted by molar-refractivity contribution is -0.146. The summed E-state index contributed by atoms with van der Waals surface area (Å²) in [5.41, 5.74) is 2.16. The zero-order valence-corrected chi connectivity index (χ0v) is 13.3. The van der Waals surface area contributed by atoms with E-state index < -0.39 is 5.97 Å². The van der Waals surface area contributed by atoms with Crippen molar-refractivity contribution in [2.75, 3.05) is 6.61 Å². The van der Waals surface area contributed by atoms with Gasteiger partial charge in [0.1, 0.15) is 5.75 Å². The van der Waals surface area contributed by atoms with Gasteiger partial charge in [0.05, 0.1) is 5.92 Å². The van der Waals surface area contributed by atoms with Gasteiger partial charge in [0.15, 0.2) is 6.61 Å². The van der Waals surface area contributed by atoms with Crippen molar-refractivity contribution in [3.05, 3.63) is 29.3 Å². The molecule has 0 atom stereocenters. The quantitative estimate of drug-likeness (QED) is 0.846. The van der Waals surface area contributed by atoms with E-state index in [4.69, 9.17) is 9.84 Å². The summed E-state index contributed by atoms with van der Waals surface area (Å²) >= 11 is 0. The van der Waals surface area contributed by atoms with Crippen LogP contribution in [0.1, 0.15) is 43.7 Å². The number of hydrogen-bond donors (Lipinski definition) is 2. The number of aliphatic carboxylic acids is 1. The maximum Gasteiger partial charge on any atom is 0.306 e. The van der Waals surface area contributed by atoms with Crippen LogP contribution < -0.4 is 10.1 Å². The van der Waals surface area contributed by atoms with Gasteiger partial charge in [-0.15, -0.1) is 0 Å². The van der Waals surface area contributed by atoms with E-state index in [1.54, 1.807) is 0 Å². The summed E-state index contributed by atoms with van der Waals surface area (Å²) in [6, 6.07) is 5.95. The number of amides is 1. The molecule has 1 saturated carbocycles.